The highest BCUT2D eigenvalue weighted by Gasteiger charge is 2.10. The Kier molecular flexibility index (Phi) is 3.21. The van der Waals surface area contributed by atoms with Gasteiger partial charge in [0, 0.05) is 16.7 Å². The number of hydrogen-bond donors (Lipinski definition) is 2. The monoisotopic (exact) mass is 228 g/mol. The Morgan fingerprint density at radius 2 is 1.82 bits per heavy atom. The summed E-state index contributed by atoms with van der Waals surface area (Å²) < 4.78 is 0. The number of carbonyl (C=O) groups is 1. The largest absolute Gasteiger partial charge is 0.507 e. The number of aromatic hydroxyl groups is 1. The van der Waals surface area contributed by atoms with Gasteiger partial charge in [-0.1, -0.05) is 30.3 Å². The lowest BCUT2D eigenvalue weighted by molar-refractivity contribution is 0.112. The van der Waals surface area contributed by atoms with Crippen LogP contribution in [0.2, 0.25) is 0 Å². The molecule has 0 radical (unpaired) electrons. The third-order valence-electron chi connectivity index (χ3n) is 2.60. The Balaban J connectivity index is 2.64. The summed E-state index contributed by atoms with van der Waals surface area (Å²) >= 11 is 0. The van der Waals surface area contributed by atoms with Crippen molar-refractivity contribution >= 4 is 6.29 Å². The van der Waals surface area contributed by atoms with Gasteiger partial charge in [0.05, 0.1) is 6.61 Å². The topological polar surface area (TPSA) is 57.5 Å². The predicted octanol–water partition coefficient (Wildman–Crippen LogP) is 2.36. The number of carbonyl (C=O) groups excluding carboxylic acids is 1. The molecule has 17 heavy (non-hydrogen) atoms. The van der Waals surface area contributed by atoms with E-state index in [-0.39, 0.29) is 12.4 Å². The summed E-state index contributed by atoms with van der Waals surface area (Å²) in [6.07, 6.45) is 0.699. The summed E-state index contributed by atoms with van der Waals surface area (Å²) in [6.45, 7) is -0.298. The molecule has 0 unspecified atom stereocenters. The molecule has 0 aliphatic rings. The zero-order chi connectivity index (χ0) is 12.3. The molecular formula is C14H12O3. The van der Waals surface area contributed by atoms with Crippen molar-refractivity contribution in [1.82, 2.24) is 0 Å². The van der Waals surface area contributed by atoms with E-state index in [1.54, 1.807) is 6.07 Å². The summed E-state index contributed by atoms with van der Waals surface area (Å²) in [5, 5.41) is 19.1. The first-order valence-corrected chi connectivity index (χ1v) is 5.23. The van der Waals surface area contributed by atoms with Gasteiger partial charge in [0.25, 0.3) is 0 Å². The molecule has 0 amide bonds. The minimum Gasteiger partial charge on any atom is -0.507 e. The summed E-state index contributed by atoms with van der Waals surface area (Å²) in [4.78, 5) is 10.8. The van der Waals surface area contributed by atoms with E-state index in [9.17, 15) is 9.90 Å². The fourth-order valence-corrected chi connectivity index (χ4v) is 1.75. The van der Waals surface area contributed by atoms with Crippen LogP contribution in [0.15, 0.2) is 42.5 Å². The van der Waals surface area contributed by atoms with Crippen LogP contribution in [0.1, 0.15) is 15.9 Å². The molecule has 3 heteroatoms. The lowest BCUT2D eigenvalue weighted by Gasteiger charge is -2.09. The fourth-order valence-electron chi connectivity index (χ4n) is 1.75. The molecule has 3 nitrogen and oxygen atoms in total. The van der Waals surface area contributed by atoms with Gasteiger partial charge in [-0.05, 0) is 17.7 Å². The van der Waals surface area contributed by atoms with Crippen molar-refractivity contribution in [3.05, 3.63) is 53.6 Å². The van der Waals surface area contributed by atoms with Crippen LogP contribution in [0.25, 0.3) is 11.1 Å². The van der Waals surface area contributed by atoms with E-state index in [4.69, 9.17) is 5.11 Å². The third kappa shape index (κ3) is 2.19. The third-order valence-corrected chi connectivity index (χ3v) is 2.60. The molecule has 86 valence electrons. The molecule has 2 aromatic carbocycles. The Hall–Kier alpha value is -2.13. The second kappa shape index (κ2) is 4.80. The number of phenols is 1. The Labute approximate surface area is 99.0 Å². The van der Waals surface area contributed by atoms with Gasteiger partial charge in [-0.25, -0.2) is 0 Å². The number of aldehydes is 1. The van der Waals surface area contributed by atoms with Crippen LogP contribution < -0.4 is 0 Å². The molecule has 0 saturated heterocycles. The van der Waals surface area contributed by atoms with Gasteiger partial charge in [-0.3, -0.25) is 4.79 Å². The zero-order valence-electron chi connectivity index (χ0n) is 9.13. The molecule has 0 spiro atoms. The predicted molar refractivity (Wildman–Crippen MR) is 64.9 cm³/mol. The molecule has 0 saturated carbocycles. The second-order valence-corrected chi connectivity index (χ2v) is 3.72. The van der Waals surface area contributed by atoms with Crippen molar-refractivity contribution in [2.24, 2.45) is 0 Å². The molecule has 0 heterocycles. The summed E-state index contributed by atoms with van der Waals surface area (Å²) in [5.74, 6) is 0.0179. The van der Waals surface area contributed by atoms with Gasteiger partial charge >= 0.3 is 0 Å². The minimum absolute atomic E-state index is 0.0179. The standard InChI is InChI=1S/C14H12O3/c15-8-10-6-12(9-16)14(17)13(7-10)11-4-2-1-3-5-11/h1-8,16-17H,9H2. The van der Waals surface area contributed by atoms with Gasteiger partial charge < -0.3 is 10.2 Å². The fraction of sp³-hybridized carbons (Fsp3) is 0.0714. The van der Waals surface area contributed by atoms with Crippen molar-refractivity contribution in [2.75, 3.05) is 0 Å². The van der Waals surface area contributed by atoms with Crippen LogP contribution in [0.4, 0.5) is 0 Å². The summed E-state index contributed by atoms with van der Waals surface area (Å²) in [7, 11) is 0. The normalized spacial score (nSPS) is 10.2. The molecule has 0 aromatic heterocycles. The number of rotatable bonds is 3. The molecule has 0 aliphatic heterocycles. The van der Waals surface area contributed by atoms with Crippen LogP contribution in [-0.4, -0.2) is 16.5 Å². The van der Waals surface area contributed by atoms with Crippen molar-refractivity contribution < 1.29 is 15.0 Å². The molecule has 0 bridgehead atoms. The van der Waals surface area contributed by atoms with Gasteiger partial charge in [-0.15, -0.1) is 0 Å². The van der Waals surface area contributed by atoms with Crippen molar-refractivity contribution in [1.29, 1.82) is 0 Å². The maximum atomic E-state index is 10.8. The Bertz CT molecular complexity index is 533. The highest BCUT2D eigenvalue weighted by atomic mass is 16.3. The smallest absolute Gasteiger partial charge is 0.150 e. The van der Waals surface area contributed by atoms with E-state index in [2.05, 4.69) is 0 Å². The lowest BCUT2D eigenvalue weighted by Crippen LogP contribution is -1.92. The maximum absolute atomic E-state index is 10.8. The number of aliphatic hydroxyl groups is 1. The summed E-state index contributed by atoms with van der Waals surface area (Å²) in [5.41, 5.74) is 2.15. The maximum Gasteiger partial charge on any atom is 0.150 e. The van der Waals surface area contributed by atoms with E-state index in [1.807, 2.05) is 30.3 Å². The highest BCUT2D eigenvalue weighted by Crippen LogP contribution is 2.33. The van der Waals surface area contributed by atoms with E-state index in [0.717, 1.165) is 5.56 Å². The molecule has 0 atom stereocenters. The highest BCUT2D eigenvalue weighted by molar-refractivity contribution is 5.82. The number of hydrogen-bond acceptors (Lipinski definition) is 3. The lowest BCUT2D eigenvalue weighted by atomic mass is 9.99. The van der Waals surface area contributed by atoms with Gasteiger partial charge in [0.15, 0.2) is 0 Å². The second-order valence-electron chi connectivity index (χ2n) is 3.72. The van der Waals surface area contributed by atoms with Crippen molar-refractivity contribution in [3.8, 4) is 16.9 Å². The molecule has 0 fully saturated rings. The first-order chi connectivity index (χ1) is 8.26. The average molecular weight is 228 g/mol. The number of aliphatic hydroxyl groups excluding tert-OH is 1. The van der Waals surface area contributed by atoms with Gasteiger partial charge in [-0.2, -0.15) is 0 Å². The first-order valence-electron chi connectivity index (χ1n) is 5.23. The molecule has 2 N–H and O–H groups in total. The van der Waals surface area contributed by atoms with Crippen LogP contribution in [0, 0.1) is 0 Å². The Morgan fingerprint density at radius 1 is 1.12 bits per heavy atom. The Morgan fingerprint density at radius 3 is 2.41 bits per heavy atom. The van der Waals surface area contributed by atoms with Crippen molar-refractivity contribution in [2.45, 2.75) is 6.61 Å². The average Bonchev–Trinajstić information content (AvgIpc) is 2.40. The molecule has 2 aromatic rings. The van der Waals surface area contributed by atoms with Crippen LogP contribution in [0.3, 0.4) is 0 Å². The van der Waals surface area contributed by atoms with E-state index < -0.39 is 0 Å². The molecule has 2 rings (SSSR count). The summed E-state index contributed by atoms with van der Waals surface area (Å²) in [6, 6.07) is 12.3. The molecule has 0 aliphatic carbocycles. The van der Waals surface area contributed by atoms with E-state index in [1.165, 1.54) is 6.07 Å². The van der Waals surface area contributed by atoms with Gasteiger partial charge in [0.2, 0.25) is 0 Å². The van der Waals surface area contributed by atoms with E-state index >= 15 is 0 Å². The quantitative estimate of drug-likeness (QED) is 0.793. The molecular weight excluding hydrogens is 216 g/mol. The van der Waals surface area contributed by atoms with Crippen molar-refractivity contribution in [3.63, 3.8) is 0 Å². The van der Waals surface area contributed by atoms with Gasteiger partial charge in [0.1, 0.15) is 12.0 Å². The van der Waals surface area contributed by atoms with Crippen LogP contribution in [-0.2, 0) is 6.61 Å². The number of benzene rings is 2. The van der Waals surface area contributed by atoms with E-state index in [0.29, 0.717) is 23.0 Å². The zero-order valence-corrected chi connectivity index (χ0v) is 9.13. The first kappa shape index (κ1) is 11.4. The SMILES string of the molecule is O=Cc1cc(CO)c(O)c(-c2ccccc2)c1. The van der Waals surface area contributed by atoms with Crippen LogP contribution in [0.5, 0.6) is 5.75 Å². The minimum atomic E-state index is -0.298. The van der Waals surface area contributed by atoms with Crippen LogP contribution >= 0.6 is 0 Å².